The summed E-state index contributed by atoms with van der Waals surface area (Å²) in [5, 5.41) is 0. The van der Waals surface area contributed by atoms with E-state index in [1.807, 2.05) is 0 Å². The molecule has 0 amide bonds. The topological polar surface area (TPSA) is 47.6 Å². The number of amidine groups is 1. The predicted molar refractivity (Wildman–Crippen MR) is 40.8 cm³/mol. The summed E-state index contributed by atoms with van der Waals surface area (Å²) in [6, 6.07) is 0.352. The van der Waals surface area contributed by atoms with Gasteiger partial charge in [0.15, 0.2) is 0 Å². The minimum absolute atomic E-state index is 0.227. The Morgan fingerprint density at radius 1 is 1.90 bits per heavy atom. The molecule has 1 rings (SSSR count). The molecule has 0 spiro atoms. The largest absolute Gasteiger partial charge is 0.460 e. The van der Waals surface area contributed by atoms with E-state index in [-0.39, 0.29) is 6.10 Å². The molecule has 0 aromatic rings. The molecule has 2 N–H and O–H groups in total. The summed E-state index contributed by atoms with van der Waals surface area (Å²) in [5.74, 6) is 0.560. The molecule has 58 valence electrons. The molecule has 0 saturated heterocycles. The van der Waals surface area contributed by atoms with Crippen LogP contribution in [-0.2, 0) is 4.74 Å². The van der Waals surface area contributed by atoms with Gasteiger partial charge < -0.3 is 10.5 Å². The average molecular weight is 142 g/mol. The van der Waals surface area contributed by atoms with Crippen LogP contribution in [0.2, 0.25) is 0 Å². The number of ether oxygens (including phenoxy) is 1. The molecule has 0 aromatic carbocycles. The maximum absolute atomic E-state index is 5.35. The van der Waals surface area contributed by atoms with E-state index in [0.29, 0.717) is 11.9 Å². The van der Waals surface area contributed by atoms with Crippen LogP contribution in [0, 0.1) is 5.92 Å². The van der Waals surface area contributed by atoms with Crippen LogP contribution in [0.25, 0.3) is 0 Å². The Morgan fingerprint density at radius 2 is 2.60 bits per heavy atom. The highest BCUT2D eigenvalue weighted by atomic mass is 16.5. The quantitative estimate of drug-likeness (QED) is 0.618. The van der Waals surface area contributed by atoms with Gasteiger partial charge in [-0.3, -0.25) is 0 Å². The van der Waals surface area contributed by atoms with Crippen molar-refractivity contribution in [3.8, 4) is 0 Å². The van der Waals surface area contributed by atoms with Crippen LogP contribution in [0.15, 0.2) is 4.99 Å². The molecule has 2 unspecified atom stereocenters. The van der Waals surface area contributed by atoms with E-state index < -0.39 is 0 Å². The maximum atomic E-state index is 5.35. The Balaban J connectivity index is 2.34. The number of hydrogen-bond acceptors (Lipinski definition) is 3. The van der Waals surface area contributed by atoms with Crippen molar-refractivity contribution in [2.24, 2.45) is 16.6 Å². The molecule has 0 aromatic heterocycles. The fourth-order valence-electron chi connectivity index (χ4n) is 0.969. The molecule has 3 nitrogen and oxygen atoms in total. The van der Waals surface area contributed by atoms with Crippen molar-refractivity contribution in [2.45, 2.75) is 26.4 Å². The molecule has 0 aliphatic carbocycles. The number of rotatable bonds is 2. The van der Waals surface area contributed by atoms with Gasteiger partial charge in [0, 0.05) is 0 Å². The predicted octanol–water partition coefficient (Wildman–Crippen LogP) is 0.746. The molecule has 2 atom stereocenters. The Morgan fingerprint density at radius 3 is 3.00 bits per heavy atom. The van der Waals surface area contributed by atoms with Gasteiger partial charge in [-0.1, -0.05) is 13.8 Å². The van der Waals surface area contributed by atoms with Gasteiger partial charge in [0.05, 0.1) is 6.54 Å². The van der Waals surface area contributed by atoms with Crippen molar-refractivity contribution in [3.63, 3.8) is 0 Å². The molecule has 3 heteroatoms. The summed E-state index contributed by atoms with van der Waals surface area (Å²) in [6.07, 6.45) is 1.35. The molecule has 1 aliphatic rings. The molecular weight excluding hydrogens is 128 g/mol. The van der Waals surface area contributed by atoms with Crippen molar-refractivity contribution < 1.29 is 4.74 Å². The number of nitrogens with zero attached hydrogens (tertiary/aromatic N) is 1. The summed E-state index contributed by atoms with van der Waals surface area (Å²) in [6.45, 7) is 5.03. The summed E-state index contributed by atoms with van der Waals surface area (Å²) in [7, 11) is 0. The second-order valence-corrected chi connectivity index (χ2v) is 2.72. The van der Waals surface area contributed by atoms with E-state index >= 15 is 0 Å². The SMILES string of the molecule is CCC(C)C1CN=C(N)O1. The maximum Gasteiger partial charge on any atom is 0.282 e. The van der Waals surface area contributed by atoms with Crippen molar-refractivity contribution in [1.82, 2.24) is 0 Å². The first-order chi connectivity index (χ1) is 4.74. The van der Waals surface area contributed by atoms with Gasteiger partial charge in [0.2, 0.25) is 0 Å². The lowest BCUT2D eigenvalue weighted by Gasteiger charge is -2.15. The molecule has 1 heterocycles. The van der Waals surface area contributed by atoms with Crippen LogP contribution in [0.3, 0.4) is 0 Å². The monoisotopic (exact) mass is 142 g/mol. The Labute approximate surface area is 61.3 Å². The molecular formula is C7H14N2O. The summed E-state index contributed by atoms with van der Waals surface area (Å²) in [4.78, 5) is 3.96. The third-order valence-corrected chi connectivity index (χ3v) is 1.98. The van der Waals surface area contributed by atoms with Crippen molar-refractivity contribution in [3.05, 3.63) is 0 Å². The van der Waals surface area contributed by atoms with E-state index in [1.165, 1.54) is 0 Å². The Bertz CT molecular complexity index is 145. The van der Waals surface area contributed by atoms with Gasteiger partial charge in [-0.05, 0) is 12.3 Å². The fraction of sp³-hybridized carbons (Fsp3) is 0.857. The zero-order chi connectivity index (χ0) is 7.56. The third kappa shape index (κ3) is 1.40. The smallest absolute Gasteiger partial charge is 0.282 e. The second-order valence-electron chi connectivity index (χ2n) is 2.72. The molecule has 0 saturated carbocycles. The summed E-state index contributed by atoms with van der Waals surface area (Å²) >= 11 is 0. The Kier molecular flexibility index (Phi) is 2.14. The molecule has 10 heavy (non-hydrogen) atoms. The zero-order valence-electron chi connectivity index (χ0n) is 6.50. The molecule has 0 fully saturated rings. The minimum atomic E-state index is 0.227. The average Bonchev–Trinajstić information content (AvgIpc) is 2.34. The van der Waals surface area contributed by atoms with E-state index in [0.717, 1.165) is 13.0 Å². The number of nitrogens with two attached hydrogens (primary N) is 1. The second kappa shape index (κ2) is 2.90. The first-order valence-corrected chi connectivity index (χ1v) is 3.70. The fourth-order valence-corrected chi connectivity index (χ4v) is 0.969. The summed E-state index contributed by atoms with van der Waals surface area (Å²) < 4.78 is 5.24. The highest BCUT2D eigenvalue weighted by Gasteiger charge is 2.22. The van der Waals surface area contributed by atoms with Gasteiger partial charge >= 0.3 is 0 Å². The molecule has 0 radical (unpaired) electrons. The van der Waals surface area contributed by atoms with Gasteiger partial charge in [-0.2, -0.15) is 0 Å². The van der Waals surface area contributed by atoms with Crippen LogP contribution in [-0.4, -0.2) is 18.7 Å². The summed E-state index contributed by atoms with van der Waals surface area (Å²) in [5.41, 5.74) is 5.35. The van der Waals surface area contributed by atoms with E-state index in [4.69, 9.17) is 10.5 Å². The molecule has 1 aliphatic heterocycles. The van der Waals surface area contributed by atoms with Crippen LogP contribution >= 0.6 is 0 Å². The minimum Gasteiger partial charge on any atom is -0.460 e. The molecule has 0 bridgehead atoms. The van der Waals surface area contributed by atoms with Crippen molar-refractivity contribution in [2.75, 3.05) is 6.54 Å². The third-order valence-electron chi connectivity index (χ3n) is 1.98. The van der Waals surface area contributed by atoms with Crippen LogP contribution in [0.5, 0.6) is 0 Å². The van der Waals surface area contributed by atoms with Gasteiger partial charge in [0.25, 0.3) is 6.02 Å². The first kappa shape index (κ1) is 7.38. The van der Waals surface area contributed by atoms with Crippen LogP contribution in [0.1, 0.15) is 20.3 Å². The lowest BCUT2D eigenvalue weighted by atomic mass is 10.0. The van der Waals surface area contributed by atoms with Crippen molar-refractivity contribution in [1.29, 1.82) is 0 Å². The standard InChI is InChI=1S/C7H14N2O/c1-3-5(2)6-4-9-7(8)10-6/h5-6H,3-4H2,1-2H3,(H2,8,9). The highest BCUT2D eigenvalue weighted by Crippen LogP contribution is 2.15. The lowest BCUT2D eigenvalue weighted by Crippen LogP contribution is -2.24. The lowest BCUT2D eigenvalue weighted by molar-refractivity contribution is 0.156. The van der Waals surface area contributed by atoms with Crippen LogP contribution in [0.4, 0.5) is 0 Å². The van der Waals surface area contributed by atoms with Crippen LogP contribution < -0.4 is 5.73 Å². The van der Waals surface area contributed by atoms with E-state index in [9.17, 15) is 0 Å². The van der Waals surface area contributed by atoms with Crippen molar-refractivity contribution >= 4 is 6.02 Å². The number of hydrogen-bond donors (Lipinski definition) is 1. The van der Waals surface area contributed by atoms with Gasteiger partial charge in [-0.15, -0.1) is 0 Å². The normalized spacial score (nSPS) is 27.4. The van der Waals surface area contributed by atoms with E-state index in [2.05, 4.69) is 18.8 Å². The van der Waals surface area contributed by atoms with Gasteiger partial charge in [0.1, 0.15) is 6.10 Å². The highest BCUT2D eigenvalue weighted by molar-refractivity contribution is 5.73. The number of aliphatic imine (C=N–C) groups is 1. The van der Waals surface area contributed by atoms with Gasteiger partial charge in [-0.25, -0.2) is 4.99 Å². The Hall–Kier alpha value is -0.730. The van der Waals surface area contributed by atoms with E-state index in [1.54, 1.807) is 0 Å². The first-order valence-electron chi connectivity index (χ1n) is 3.70. The zero-order valence-corrected chi connectivity index (χ0v) is 6.50.